The van der Waals surface area contributed by atoms with Crippen LogP contribution in [-0.2, 0) is 0 Å². The number of hydrogen-bond donors (Lipinski definition) is 1. The molecule has 3 heteroatoms. The topological polar surface area (TPSA) is 8.17 Å². The molecule has 0 spiro atoms. The van der Waals surface area contributed by atoms with Gasteiger partial charge in [-0.15, -0.1) is 6.58 Å². The summed E-state index contributed by atoms with van der Waals surface area (Å²) >= 11 is 3.53. The molecule has 9 aromatic rings. The summed E-state index contributed by atoms with van der Waals surface area (Å²) in [5, 5.41) is 1.24. The van der Waals surface area contributed by atoms with Gasteiger partial charge in [0, 0.05) is 33.7 Å². The minimum Gasteiger partial charge on any atom is -0.314 e. The van der Waals surface area contributed by atoms with Crippen LogP contribution in [0.5, 0.6) is 0 Å². The lowest BCUT2D eigenvalue weighted by molar-refractivity contribution is 0.930. The average Bonchev–Trinajstić information content (AvgIpc) is 3.75. The summed E-state index contributed by atoms with van der Waals surface area (Å²) in [7, 11) is 0. The highest BCUT2D eigenvalue weighted by Gasteiger charge is 2.22. The van der Waals surface area contributed by atoms with E-state index in [1.165, 1.54) is 83.7 Å². The molecular formula is C62H58N2S. The zero-order valence-electron chi connectivity index (χ0n) is 38.0. The van der Waals surface area contributed by atoms with Crippen molar-refractivity contribution in [1.29, 1.82) is 0 Å². The second kappa shape index (κ2) is 22.9. The highest BCUT2D eigenvalue weighted by molar-refractivity contribution is 7.79. The minimum atomic E-state index is 0.949. The van der Waals surface area contributed by atoms with Crippen molar-refractivity contribution in [3.63, 3.8) is 0 Å². The normalized spacial score (nSPS) is 11.6. The monoisotopic (exact) mass is 862 g/mol. The van der Waals surface area contributed by atoms with Gasteiger partial charge in [-0.25, -0.2) is 0 Å². The van der Waals surface area contributed by atoms with Crippen molar-refractivity contribution in [2.24, 2.45) is 0 Å². The largest absolute Gasteiger partial charge is 0.314 e. The van der Waals surface area contributed by atoms with E-state index in [0.717, 1.165) is 18.5 Å². The van der Waals surface area contributed by atoms with E-state index in [2.05, 4.69) is 259 Å². The first kappa shape index (κ1) is 45.7. The molecular weight excluding hydrogens is 805 g/mol. The quantitative estimate of drug-likeness (QED) is 0.112. The third-order valence-corrected chi connectivity index (χ3v) is 11.3. The highest BCUT2D eigenvalue weighted by Crippen LogP contribution is 2.43. The molecule has 1 aromatic heterocycles. The van der Waals surface area contributed by atoms with Crippen molar-refractivity contribution in [2.45, 2.75) is 33.6 Å². The van der Waals surface area contributed by atoms with Gasteiger partial charge in [0.15, 0.2) is 0 Å². The van der Waals surface area contributed by atoms with E-state index in [9.17, 15) is 0 Å². The second-order valence-electron chi connectivity index (χ2n) is 15.3. The van der Waals surface area contributed by atoms with Crippen LogP contribution in [-0.4, -0.2) is 10.8 Å². The van der Waals surface area contributed by atoms with E-state index in [0.29, 0.717) is 0 Å². The van der Waals surface area contributed by atoms with Gasteiger partial charge < -0.3 is 9.47 Å². The Bertz CT molecular complexity index is 2950. The predicted molar refractivity (Wildman–Crippen MR) is 287 cm³/mol. The number of nitrogens with zero attached hydrogens (tertiary/aromatic N) is 2. The number of para-hydroxylation sites is 2. The summed E-state index contributed by atoms with van der Waals surface area (Å²) < 4.78 is 2.44. The molecule has 1 heterocycles. The van der Waals surface area contributed by atoms with E-state index >= 15 is 0 Å². The summed E-state index contributed by atoms with van der Waals surface area (Å²) in [6.45, 7) is 9.25. The van der Waals surface area contributed by atoms with Crippen LogP contribution in [0.25, 0.3) is 66.8 Å². The Labute approximate surface area is 392 Å². The summed E-state index contributed by atoms with van der Waals surface area (Å²) in [4.78, 5) is 2.40. The van der Waals surface area contributed by atoms with E-state index in [1.807, 2.05) is 20.8 Å². The molecule has 1 aliphatic rings. The van der Waals surface area contributed by atoms with Crippen LogP contribution in [0, 0.1) is 0 Å². The number of anilines is 2. The van der Waals surface area contributed by atoms with Crippen LogP contribution in [0.3, 0.4) is 0 Å². The molecule has 1 aliphatic carbocycles. The van der Waals surface area contributed by atoms with Crippen LogP contribution in [0.15, 0.2) is 249 Å². The number of hydrogen-bond acceptors (Lipinski definition) is 2. The first-order valence-corrected chi connectivity index (χ1v) is 23.5. The van der Waals surface area contributed by atoms with Crippen LogP contribution in [0.2, 0.25) is 0 Å². The van der Waals surface area contributed by atoms with Crippen LogP contribution in [0.4, 0.5) is 11.4 Å². The Morgan fingerprint density at radius 2 is 0.923 bits per heavy atom. The maximum atomic E-state index is 3.53. The fraction of sp³-hybridized carbons (Fsp3) is 0.0968. The fourth-order valence-corrected chi connectivity index (χ4v) is 8.52. The van der Waals surface area contributed by atoms with Crippen molar-refractivity contribution >= 4 is 40.5 Å². The molecule has 0 atom stereocenters. The van der Waals surface area contributed by atoms with Crippen LogP contribution in [0.1, 0.15) is 39.2 Å². The first-order valence-electron chi connectivity index (χ1n) is 22.6. The number of fused-ring (bicyclic) bond motifs is 1. The van der Waals surface area contributed by atoms with Gasteiger partial charge in [-0.05, 0) is 119 Å². The Morgan fingerprint density at radius 1 is 0.462 bits per heavy atom. The van der Waals surface area contributed by atoms with Crippen LogP contribution >= 0.6 is 12.6 Å². The molecule has 0 saturated carbocycles. The maximum absolute atomic E-state index is 3.53. The third kappa shape index (κ3) is 10.4. The lowest BCUT2D eigenvalue weighted by atomic mass is 9.93. The fourth-order valence-electron chi connectivity index (χ4n) is 8.52. The summed E-state index contributed by atoms with van der Waals surface area (Å²) in [5.74, 6) is 0. The molecule has 0 unspecified atom stereocenters. The number of allylic oxidation sites excluding steroid dienone is 5. The molecule has 10 rings (SSSR count). The summed E-state index contributed by atoms with van der Waals surface area (Å²) in [5.41, 5.74) is 18.3. The lowest BCUT2D eigenvalue weighted by Crippen LogP contribution is -2.17. The predicted octanol–water partition coefficient (Wildman–Crippen LogP) is 18.0. The minimum absolute atomic E-state index is 0.949. The van der Waals surface area contributed by atoms with Crippen molar-refractivity contribution in [1.82, 2.24) is 4.57 Å². The Balaban J connectivity index is 0.000000855. The SMILES string of the molecule is C1=C(c2ccc(-c3cccc(-n4c(-c5ccccc5)c(-c5ccccc5)c5ccccc54)c3)cc2)CCC(N(c2ccccc2)c2ccc(-c3ccccc3)cc2)=C1.C=CC.CC.CS. The Hall–Kier alpha value is -7.33. The van der Waals surface area contributed by atoms with Crippen molar-refractivity contribution in [3.8, 4) is 50.3 Å². The van der Waals surface area contributed by atoms with Gasteiger partial charge in [-0.1, -0.05) is 202 Å². The molecule has 0 aliphatic heterocycles. The van der Waals surface area contributed by atoms with Gasteiger partial charge >= 0.3 is 0 Å². The number of aromatic nitrogens is 1. The van der Waals surface area contributed by atoms with E-state index < -0.39 is 0 Å². The maximum Gasteiger partial charge on any atom is 0.0619 e. The van der Waals surface area contributed by atoms with Gasteiger partial charge in [-0.3, -0.25) is 0 Å². The second-order valence-corrected chi connectivity index (χ2v) is 15.3. The molecule has 322 valence electrons. The van der Waals surface area contributed by atoms with Gasteiger partial charge in [0.05, 0.1) is 11.2 Å². The zero-order valence-corrected chi connectivity index (χ0v) is 38.9. The third-order valence-electron chi connectivity index (χ3n) is 11.3. The smallest absolute Gasteiger partial charge is 0.0619 e. The number of benzene rings is 8. The molecule has 0 amide bonds. The van der Waals surface area contributed by atoms with Crippen LogP contribution < -0.4 is 4.90 Å². The molecule has 0 bridgehead atoms. The standard InChI is InChI=1S/C56H42N2.C3H6.C2H6.CH4S/c1-5-16-41(17-6-1)43-32-36-50(37-33-43)57(49-23-11-4-12-24-49)51-38-34-44(35-39-51)42-28-30-45(31-29-42)48-22-15-25-52(40-48)58-54-27-14-13-26-53(54)55(46-18-7-2-8-19-46)56(58)47-20-9-3-10-21-47;1-3-2;2*1-2/h1-34,36-38,40H,35,39H2;3H,1H2,2H3;1-2H3;2H,1H3. The van der Waals surface area contributed by atoms with Crippen molar-refractivity contribution in [2.75, 3.05) is 11.2 Å². The van der Waals surface area contributed by atoms with Gasteiger partial charge in [0.2, 0.25) is 0 Å². The summed E-state index contributed by atoms with van der Waals surface area (Å²) in [6, 6.07) is 78.7. The van der Waals surface area contributed by atoms with E-state index in [4.69, 9.17) is 0 Å². The highest BCUT2D eigenvalue weighted by atomic mass is 32.1. The average molecular weight is 863 g/mol. The molecule has 2 nitrogen and oxygen atoms in total. The molecule has 65 heavy (non-hydrogen) atoms. The van der Waals surface area contributed by atoms with E-state index in [-0.39, 0.29) is 0 Å². The summed E-state index contributed by atoms with van der Waals surface area (Å²) in [6.07, 6.45) is 9.99. The molecule has 0 N–H and O–H groups in total. The molecule has 0 saturated heterocycles. The Kier molecular flexibility index (Phi) is 16.1. The Morgan fingerprint density at radius 3 is 1.52 bits per heavy atom. The van der Waals surface area contributed by atoms with Crippen molar-refractivity contribution < 1.29 is 0 Å². The van der Waals surface area contributed by atoms with E-state index in [1.54, 1.807) is 12.3 Å². The number of rotatable bonds is 9. The van der Waals surface area contributed by atoms with Gasteiger partial charge in [0.1, 0.15) is 0 Å². The molecule has 8 aromatic carbocycles. The van der Waals surface area contributed by atoms with Gasteiger partial charge in [-0.2, -0.15) is 12.6 Å². The zero-order chi connectivity index (χ0) is 45.4. The molecule has 0 fully saturated rings. The molecule has 0 radical (unpaired) electrons. The first-order chi connectivity index (χ1) is 32.2. The van der Waals surface area contributed by atoms with Crippen molar-refractivity contribution in [3.05, 3.63) is 254 Å². The number of thiol groups is 1. The van der Waals surface area contributed by atoms with Gasteiger partial charge in [0.25, 0.3) is 0 Å². The lowest BCUT2D eigenvalue weighted by Gasteiger charge is -2.30.